The van der Waals surface area contributed by atoms with Crippen LogP contribution in [0.25, 0.3) is 0 Å². The normalized spacial score (nSPS) is 12.8. The van der Waals surface area contributed by atoms with E-state index < -0.39 is 17.6 Å². The van der Waals surface area contributed by atoms with Gasteiger partial charge in [0.1, 0.15) is 0 Å². The molecule has 0 aromatic carbocycles. The molecule has 0 unspecified atom stereocenters. The molecule has 0 aliphatic rings. The first-order valence-electron chi connectivity index (χ1n) is 8.04. The SMILES string of the molecule is CO[Si](CCCOCCOCCC[Si](OC)(OC)OC)(OC)OC. The molecule has 0 atom stereocenters. The second-order valence-corrected chi connectivity index (χ2v) is 11.2. The van der Waals surface area contributed by atoms with E-state index in [4.69, 9.17) is 36.0 Å². The summed E-state index contributed by atoms with van der Waals surface area (Å²) in [4.78, 5) is 0. The zero-order valence-electron chi connectivity index (χ0n) is 15.9. The highest BCUT2D eigenvalue weighted by Crippen LogP contribution is 2.15. The molecule has 146 valence electrons. The minimum absolute atomic E-state index is 0.558. The molecular weight excluding hydrogens is 352 g/mol. The van der Waals surface area contributed by atoms with E-state index in [2.05, 4.69) is 0 Å². The van der Waals surface area contributed by atoms with Crippen LogP contribution in [0.1, 0.15) is 12.8 Å². The van der Waals surface area contributed by atoms with Gasteiger partial charge in [0.05, 0.1) is 13.2 Å². The summed E-state index contributed by atoms with van der Waals surface area (Å²) in [6, 6.07) is 1.46. The van der Waals surface area contributed by atoms with Crippen molar-refractivity contribution >= 4 is 17.6 Å². The second-order valence-electron chi connectivity index (χ2n) is 5.02. The highest BCUT2D eigenvalue weighted by molar-refractivity contribution is 6.60. The summed E-state index contributed by atoms with van der Waals surface area (Å²) < 4.78 is 43.2. The smallest absolute Gasteiger partial charge is 0.379 e. The molecule has 0 spiro atoms. The van der Waals surface area contributed by atoms with E-state index in [9.17, 15) is 0 Å². The van der Waals surface area contributed by atoms with Gasteiger partial charge in [0, 0.05) is 68.0 Å². The van der Waals surface area contributed by atoms with Crippen molar-refractivity contribution in [2.24, 2.45) is 0 Å². The zero-order valence-corrected chi connectivity index (χ0v) is 17.9. The maximum absolute atomic E-state index is 5.54. The Morgan fingerprint density at radius 3 is 1.00 bits per heavy atom. The van der Waals surface area contributed by atoms with Crippen molar-refractivity contribution in [3.63, 3.8) is 0 Å². The Labute approximate surface area is 148 Å². The average molecular weight is 387 g/mol. The van der Waals surface area contributed by atoms with E-state index in [1.54, 1.807) is 42.7 Å². The van der Waals surface area contributed by atoms with Crippen molar-refractivity contribution in [2.45, 2.75) is 24.9 Å². The van der Waals surface area contributed by atoms with Crippen molar-refractivity contribution in [3.05, 3.63) is 0 Å². The molecule has 10 heteroatoms. The Morgan fingerprint density at radius 2 is 0.750 bits per heavy atom. The fourth-order valence-electron chi connectivity index (χ4n) is 2.22. The molecule has 0 rings (SSSR count). The van der Waals surface area contributed by atoms with Crippen LogP contribution in [0.2, 0.25) is 12.1 Å². The molecule has 24 heavy (non-hydrogen) atoms. The van der Waals surface area contributed by atoms with Crippen LogP contribution in [0.15, 0.2) is 0 Å². The van der Waals surface area contributed by atoms with Gasteiger partial charge in [-0.05, 0) is 12.8 Å². The van der Waals surface area contributed by atoms with Crippen LogP contribution in [-0.2, 0) is 36.0 Å². The summed E-state index contributed by atoms with van der Waals surface area (Å²) in [7, 11) is 4.73. The van der Waals surface area contributed by atoms with Crippen LogP contribution >= 0.6 is 0 Å². The van der Waals surface area contributed by atoms with Gasteiger partial charge < -0.3 is 36.0 Å². The average Bonchev–Trinajstić information content (AvgIpc) is 2.64. The Kier molecular flexibility index (Phi) is 14.4. The van der Waals surface area contributed by atoms with E-state index in [1.807, 2.05) is 0 Å². The molecule has 0 aliphatic carbocycles. The topological polar surface area (TPSA) is 73.8 Å². The third kappa shape index (κ3) is 8.99. The molecule has 0 radical (unpaired) electrons. The molecule has 8 nitrogen and oxygen atoms in total. The first-order chi connectivity index (χ1) is 11.6. The summed E-state index contributed by atoms with van der Waals surface area (Å²) in [5.74, 6) is 0. The fraction of sp³-hybridized carbons (Fsp3) is 1.00. The highest BCUT2D eigenvalue weighted by atomic mass is 28.4. The van der Waals surface area contributed by atoms with Crippen molar-refractivity contribution in [3.8, 4) is 0 Å². The summed E-state index contributed by atoms with van der Waals surface area (Å²) in [6.45, 7) is 2.37. The lowest BCUT2D eigenvalue weighted by molar-refractivity contribution is 0.0439. The summed E-state index contributed by atoms with van der Waals surface area (Å²) in [5.41, 5.74) is 0. The Morgan fingerprint density at radius 1 is 0.458 bits per heavy atom. The molecular formula is C14H34O8Si2. The van der Waals surface area contributed by atoms with Gasteiger partial charge in [-0.2, -0.15) is 0 Å². The Balaban J connectivity index is 3.58. The predicted molar refractivity (Wildman–Crippen MR) is 94.0 cm³/mol. The molecule has 0 saturated heterocycles. The van der Waals surface area contributed by atoms with Crippen molar-refractivity contribution in [1.29, 1.82) is 0 Å². The standard InChI is InChI=1S/C14H34O8Si2/c1-15-23(16-2,17-3)13-7-9-21-11-12-22-10-8-14-24(18-4,19-5)20-6/h7-14H2,1-6H3. The van der Waals surface area contributed by atoms with Gasteiger partial charge in [-0.25, -0.2) is 0 Å². The van der Waals surface area contributed by atoms with Crippen LogP contribution in [-0.4, -0.2) is 86.7 Å². The van der Waals surface area contributed by atoms with Crippen LogP contribution in [0, 0.1) is 0 Å². The quantitative estimate of drug-likeness (QED) is 0.275. The lowest BCUT2D eigenvalue weighted by atomic mass is 10.5. The van der Waals surface area contributed by atoms with E-state index in [1.165, 1.54) is 0 Å². The molecule has 0 N–H and O–H groups in total. The van der Waals surface area contributed by atoms with Crippen LogP contribution in [0.3, 0.4) is 0 Å². The summed E-state index contributed by atoms with van der Waals surface area (Å²) in [6.07, 6.45) is 1.65. The molecule has 0 saturated carbocycles. The van der Waals surface area contributed by atoms with Gasteiger partial charge >= 0.3 is 17.6 Å². The Bertz CT molecular complexity index is 243. The van der Waals surface area contributed by atoms with Crippen LogP contribution in [0.4, 0.5) is 0 Å². The summed E-state index contributed by atoms with van der Waals surface area (Å²) >= 11 is 0. The first kappa shape index (κ1) is 24.1. The summed E-state index contributed by atoms with van der Waals surface area (Å²) in [5, 5.41) is 0. The monoisotopic (exact) mass is 386 g/mol. The maximum Gasteiger partial charge on any atom is 0.500 e. The largest absolute Gasteiger partial charge is 0.500 e. The van der Waals surface area contributed by atoms with E-state index in [-0.39, 0.29) is 0 Å². The first-order valence-corrected chi connectivity index (χ1v) is 11.9. The van der Waals surface area contributed by atoms with Gasteiger partial charge in [0.2, 0.25) is 0 Å². The van der Waals surface area contributed by atoms with Crippen molar-refractivity contribution < 1.29 is 36.0 Å². The lowest BCUT2D eigenvalue weighted by Crippen LogP contribution is -2.42. The fourth-order valence-corrected chi connectivity index (χ4v) is 5.60. The third-order valence-electron chi connectivity index (χ3n) is 3.78. The van der Waals surface area contributed by atoms with Gasteiger partial charge in [0.25, 0.3) is 0 Å². The molecule has 0 aliphatic heterocycles. The molecule has 0 fully saturated rings. The highest BCUT2D eigenvalue weighted by Gasteiger charge is 2.37. The van der Waals surface area contributed by atoms with Gasteiger partial charge in [-0.15, -0.1) is 0 Å². The number of hydrogen-bond donors (Lipinski definition) is 0. The number of ether oxygens (including phenoxy) is 2. The molecule has 0 bridgehead atoms. The lowest BCUT2D eigenvalue weighted by Gasteiger charge is -2.24. The molecule has 0 heterocycles. The van der Waals surface area contributed by atoms with Gasteiger partial charge in [-0.1, -0.05) is 0 Å². The van der Waals surface area contributed by atoms with E-state index in [0.29, 0.717) is 26.4 Å². The van der Waals surface area contributed by atoms with Gasteiger partial charge in [0.15, 0.2) is 0 Å². The minimum atomic E-state index is -2.48. The van der Waals surface area contributed by atoms with Gasteiger partial charge in [-0.3, -0.25) is 0 Å². The minimum Gasteiger partial charge on any atom is -0.379 e. The van der Waals surface area contributed by atoms with Crippen LogP contribution < -0.4 is 0 Å². The van der Waals surface area contributed by atoms with E-state index in [0.717, 1.165) is 24.9 Å². The zero-order chi connectivity index (χ0) is 18.3. The number of rotatable bonds is 17. The van der Waals surface area contributed by atoms with E-state index >= 15 is 0 Å². The maximum atomic E-state index is 5.54. The number of hydrogen-bond acceptors (Lipinski definition) is 8. The van der Waals surface area contributed by atoms with Crippen molar-refractivity contribution in [2.75, 3.05) is 69.1 Å². The molecule has 0 aromatic heterocycles. The second kappa shape index (κ2) is 14.3. The van der Waals surface area contributed by atoms with Crippen molar-refractivity contribution in [1.82, 2.24) is 0 Å². The molecule has 0 amide bonds. The Hall–Kier alpha value is 0.114. The predicted octanol–water partition coefficient (Wildman–Crippen LogP) is 1.56. The third-order valence-corrected chi connectivity index (χ3v) is 9.45. The molecule has 0 aromatic rings. The van der Waals surface area contributed by atoms with Crippen LogP contribution in [0.5, 0.6) is 0 Å².